The molecule has 0 bridgehead atoms. The van der Waals surface area contributed by atoms with Crippen LogP contribution in [0.3, 0.4) is 0 Å². The number of benzene rings is 2. The molecule has 0 saturated heterocycles. The Labute approximate surface area is 191 Å². The van der Waals surface area contributed by atoms with E-state index in [1.165, 1.54) is 26.9 Å². The van der Waals surface area contributed by atoms with E-state index in [9.17, 15) is 0 Å². The molecular weight excluding hydrogens is 464 g/mol. The average molecular weight is 492 g/mol. The average Bonchev–Trinajstić information content (AvgIpc) is 2.72. The van der Waals surface area contributed by atoms with Gasteiger partial charge in [0.25, 0.3) is 0 Å². The number of halogens is 2. The third kappa shape index (κ3) is 6.14. The molecule has 0 N–H and O–H groups in total. The molecule has 5 heteroatoms. The van der Waals surface area contributed by atoms with Crippen LogP contribution in [0.4, 0.5) is 0 Å². The van der Waals surface area contributed by atoms with Crippen molar-refractivity contribution in [2.45, 2.75) is 39.7 Å². The summed E-state index contributed by atoms with van der Waals surface area (Å²) in [5.41, 5.74) is 1.18. The lowest BCUT2D eigenvalue weighted by atomic mass is 10.1. The standard InChI is InChI=1S/C24H28BrClN2S/c1-4-28(5-2)14-6-7-17(3)27-22-16-24(18-8-11-20(26)12-9-18)29-23-13-10-19(25)15-21(22)23/h8-13,15-17H,4-7,14H2,1-3H3. The Balaban J connectivity index is 1.94. The molecule has 154 valence electrons. The number of hydrogen-bond acceptors (Lipinski definition) is 3. The van der Waals surface area contributed by atoms with Crippen LogP contribution in [0.5, 0.6) is 0 Å². The Kier molecular flexibility index (Phi) is 8.31. The number of rotatable bonds is 8. The highest BCUT2D eigenvalue weighted by molar-refractivity contribution is 9.10. The molecule has 0 radical (unpaired) electrons. The molecular formula is C24H28BrClN2S. The highest BCUT2D eigenvalue weighted by Crippen LogP contribution is 2.30. The molecule has 1 unspecified atom stereocenters. The van der Waals surface area contributed by atoms with Crippen molar-refractivity contribution in [3.63, 3.8) is 0 Å². The minimum absolute atomic E-state index is 0.290. The summed E-state index contributed by atoms with van der Waals surface area (Å²) in [7, 11) is 0. The molecule has 1 heterocycles. The minimum Gasteiger partial charge on any atom is -0.304 e. The molecule has 0 spiro atoms. The normalized spacial score (nSPS) is 13.4. The van der Waals surface area contributed by atoms with Gasteiger partial charge in [-0.05, 0) is 81.4 Å². The molecule has 1 aromatic heterocycles. The van der Waals surface area contributed by atoms with E-state index in [-0.39, 0.29) is 0 Å². The Morgan fingerprint density at radius 2 is 1.79 bits per heavy atom. The monoisotopic (exact) mass is 490 g/mol. The third-order valence-electron chi connectivity index (χ3n) is 5.18. The first-order valence-electron chi connectivity index (χ1n) is 10.3. The van der Waals surface area contributed by atoms with Gasteiger partial charge in [-0.15, -0.1) is 11.3 Å². The van der Waals surface area contributed by atoms with Gasteiger partial charge in [0.15, 0.2) is 0 Å². The Morgan fingerprint density at radius 1 is 1.07 bits per heavy atom. The Bertz CT molecular complexity index is 1010. The fraction of sp³-hybridized carbons (Fsp3) is 0.375. The zero-order valence-electron chi connectivity index (χ0n) is 17.3. The number of nitrogens with zero attached hydrogens (tertiary/aromatic N) is 2. The van der Waals surface area contributed by atoms with Crippen LogP contribution >= 0.6 is 38.9 Å². The number of fused-ring (bicyclic) bond motifs is 1. The zero-order valence-corrected chi connectivity index (χ0v) is 20.4. The molecule has 2 nitrogen and oxygen atoms in total. The predicted molar refractivity (Wildman–Crippen MR) is 132 cm³/mol. The molecule has 2 aromatic carbocycles. The van der Waals surface area contributed by atoms with E-state index >= 15 is 0 Å². The van der Waals surface area contributed by atoms with Crippen molar-refractivity contribution in [2.24, 2.45) is 4.99 Å². The lowest BCUT2D eigenvalue weighted by Crippen LogP contribution is -2.24. The first kappa shape index (κ1) is 22.5. The molecule has 0 aliphatic carbocycles. The lowest BCUT2D eigenvalue weighted by molar-refractivity contribution is 0.294. The topological polar surface area (TPSA) is 15.6 Å². The highest BCUT2D eigenvalue weighted by atomic mass is 79.9. The smallest absolute Gasteiger partial charge is 0.0678 e. The maximum absolute atomic E-state index is 6.08. The van der Waals surface area contributed by atoms with Crippen LogP contribution in [0.1, 0.15) is 33.6 Å². The second-order valence-corrected chi connectivity index (χ2v) is 9.73. The Hall–Kier alpha value is -1.20. The van der Waals surface area contributed by atoms with Crippen LogP contribution in [0.15, 0.2) is 58.0 Å². The zero-order chi connectivity index (χ0) is 20.8. The van der Waals surface area contributed by atoms with E-state index in [1.807, 2.05) is 12.1 Å². The van der Waals surface area contributed by atoms with Crippen LogP contribution in [-0.4, -0.2) is 30.6 Å². The van der Waals surface area contributed by atoms with E-state index in [2.05, 4.69) is 78.0 Å². The van der Waals surface area contributed by atoms with Crippen LogP contribution in [0, 0.1) is 0 Å². The summed E-state index contributed by atoms with van der Waals surface area (Å²) < 4.78 is 2.33. The fourth-order valence-corrected chi connectivity index (χ4v) is 5.01. The second-order valence-electron chi connectivity index (χ2n) is 7.29. The van der Waals surface area contributed by atoms with E-state index in [1.54, 1.807) is 11.3 Å². The van der Waals surface area contributed by atoms with Crippen molar-refractivity contribution in [2.75, 3.05) is 19.6 Å². The van der Waals surface area contributed by atoms with Gasteiger partial charge in [-0.3, -0.25) is 4.99 Å². The second kappa shape index (κ2) is 10.7. The SMILES string of the molecule is CCN(CC)CCCC(C)N=c1cc(-c2ccc(Cl)cc2)sc2ccc(Br)cc12. The van der Waals surface area contributed by atoms with Gasteiger partial charge >= 0.3 is 0 Å². The molecule has 0 fully saturated rings. The molecule has 0 aliphatic heterocycles. The van der Waals surface area contributed by atoms with Gasteiger partial charge in [-0.1, -0.05) is 53.5 Å². The van der Waals surface area contributed by atoms with E-state index in [0.29, 0.717) is 6.04 Å². The summed E-state index contributed by atoms with van der Waals surface area (Å²) in [5, 5.41) is 3.04. The van der Waals surface area contributed by atoms with Gasteiger partial charge in [0.1, 0.15) is 0 Å². The molecule has 0 saturated carbocycles. The molecule has 3 rings (SSSR count). The third-order valence-corrected chi connectivity index (χ3v) is 7.08. The first-order valence-corrected chi connectivity index (χ1v) is 12.2. The van der Waals surface area contributed by atoms with Gasteiger partial charge in [0.05, 0.1) is 5.36 Å². The summed E-state index contributed by atoms with van der Waals surface area (Å²) in [4.78, 5) is 8.81. The van der Waals surface area contributed by atoms with Gasteiger partial charge in [0, 0.05) is 30.5 Å². The van der Waals surface area contributed by atoms with Crippen LogP contribution in [0.25, 0.3) is 20.5 Å². The maximum atomic E-state index is 6.08. The summed E-state index contributed by atoms with van der Waals surface area (Å²) in [6.07, 6.45) is 2.27. The van der Waals surface area contributed by atoms with Crippen LogP contribution in [0.2, 0.25) is 5.02 Å². The van der Waals surface area contributed by atoms with Crippen LogP contribution in [-0.2, 0) is 0 Å². The fourth-order valence-electron chi connectivity index (χ4n) is 3.46. The van der Waals surface area contributed by atoms with Gasteiger partial charge < -0.3 is 4.90 Å². The minimum atomic E-state index is 0.290. The van der Waals surface area contributed by atoms with Gasteiger partial charge in [0.2, 0.25) is 0 Å². The maximum Gasteiger partial charge on any atom is 0.0678 e. The van der Waals surface area contributed by atoms with Crippen LogP contribution < -0.4 is 5.36 Å². The van der Waals surface area contributed by atoms with E-state index < -0.39 is 0 Å². The van der Waals surface area contributed by atoms with Crippen molar-refractivity contribution in [3.8, 4) is 10.4 Å². The largest absolute Gasteiger partial charge is 0.304 e. The Morgan fingerprint density at radius 3 is 2.48 bits per heavy atom. The summed E-state index contributed by atoms with van der Waals surface area (Å²) in [6.45, 7) is 10.1. The van der Waals surface area contributed by atoms with Crippen molar-refractivity contribution in [3.05, 3.63) is 63.4 Å². The first-order chi connectivity index (χ1) is 14.0. The van der Waals surface area contributed by atoms with E-state index in [4.69, 9.17) is 16.6 Å². The van der Waals surface area contributed by atoms with Gasteiger partial charge in [-0.25, -0.2) is 0 Å². The summed E-state index contributed by atoms with van der Waals surface area (Å²) in [6, 6.07) is 17.0. The molecule has 1 atom stereocenters. The van der Waals surface area contributed by atoms with Crippen molar-refractivity contribution in [1.29, 1.82) is 0 Å². The molecule has 29 heavy (non-hydrogen) atoms. The number of hydrogen-bond donors (Lipinski definition) is 0. The van der Waals surface area contributed by atoms with E-state index in [0.717, 1.165) is 40.9 Å². The predicted octanol–water partition coefficient (Wildman–Crippen LogP) is 7.40. The van der Waals surface area contributed by atoms with Crippen molar-refractivity contribution >= 4 is 49.0 Å². The quantitative estimate of drug-likeness (QED) is 0.320. The van der Waals surface area contributed by atoms with Crippen molar-refractivity contribution in [1.82, 2.24) is 4.90 Å². The molecule has 3 aromatic rings. The lowest BCUT2D eigenvalue weighted by Gasteiger charge is -2.18. The summed E-state index contributed by atoms with van der Waals surface area (Å²) >= 11 is 11.5. The molecule has 0 aliphatic rings. The van der Waals surface area contributed by atoms with Crippen molar-refractivity contribution < 1.29 is 0 Å². The molecule has 0 amide bonds. The van der Waals surface area contributed by atoms with Gasteiger partial charge in [-0.2, -0.15) is 0 Å². The highest BCUT2D eigenvalue weighted by Gasteiger charge is 2.08. The summed E-state index contributed by atoms with van der Waals surface area (Å²) in [5.74, 6) is 0.